The van der Waals surface area contributed by atoms with E-state index in [0.29, 0.717) is 22.5 Å². The number of nitrogen functional groups attached to an aromatic ring is 1. The third kappa shape index (κ3) is 6.72. The van der Waals surface area contributed by atoms with Gasteiger partial charge in [-0.25, -0.2) is 0 Å². The van der Waals surface area contributed by atoms with Crippen molar-refractivity contribution in [2.75, 3.05) is 12.0 Å². The van der Waals surface area contributed by atoms with Crippen LogP contribution < -0.4 is 11.5 Å². The second-order valence-corrected chi connectivity index (χ2v) is 10.4. The maximum Gasteiger partial charge on any atom is 0.249 e. The third-order valence-corrected chi connectivity index (χ3v) is 6.85. The van der Waals surface area contributed by atoms with Gasteiger partial charge >= 0.3 is 0 Å². The minimum Gasteiger partial charge on any atom is -0.450 e. The molecule has 0 saturated carbocycles. The van der Waals surface area contributed by atoms with Gasteiger partial charge in [-0.2, -0.15) is 0 Å². The molecular formula is C29H31Cl2N3O3S. The number of anilines is 1. The first-order chi connectivity index (χ1) is 18.1. The SMILES string of the molecule is CCC.CSN(Cc1cccc(-c2ccc3c(N)c(C(=O)c4ccc(Cl)cc4Cl)oc3c2)c1)C(=O)C(C)N. The average Bonchev–Trinajstić information content (AvgIpc) is 3.22. The van der Waals surface area contributed by atoms with E-state index in [1.165, 1.54) is 24.4 Å². The fraction of sp³-hybridized carbons (Fsp3) is 0.241. The van der Waals surface area contributed by atoms with Crippen LogP contribution in [0.2, 0.25) is 10.0 Å². The van der Waals surface area contributed by atoms with E-state index < -0.39 is 11.8 Å². The number of nitrogens with zero attached hydrogens (tertiary/aromatic N) is 1. The van der Waals surface area contributed by atoms with E-state index >= 15 is 0 Å². The summed E-state index contributed by atoms with van der Waals surface area (Å²) >= 11 is 13.5. The molecule has 0 fully saturated rings. The molecule has 9 heteroatoms. The topological polar surface area (TPSA) is 103 Å². The minimum absolute atomic E-state index is 0.0279. The fourth-order valence-corrected chi connectivity index (χ4v) is 4.85. The molecule has 1 atom stereocenters. The Morgan fingerprint density at radius 3 is 2.34 bits per heavy atom. The highest BCUT2D eigenvalue weighted by molar-refractivity contribution is 7.96. The lowest BCUT2D eigenvalue weighted by molar-refractivity contribution is -0.127. The van der Waals surface area contributed by atoms with E-state index in [1.807, 2.05) is 48.7 Å². The van der Waals surface area contributed by atoms with Gasteiger partial charge in [-0.1, -0.05) is 79.7 Å². The summed E-state index contributed by atoms with van der Waals surface area (Å²) in [6.07, 6.45) is 3.09. The van der Waals surface area contributed by atoms with Crippen molar-refractivity contribution in [3.8, 4) is 11.1 Å². The first-order valence-electron chi connectivity index (χ1n) is 12.1. The molecule has 4 N–H and O–H groups in total. The lowest BCUT2D eigenvalue weighted by Gasteiger charge is -2.21. The molecule has 3 aromatic carbocycles. The minimum atomic E-state index is -0.572. The number of nitrogens with two attached hydrogens (primary N) is 2. The predicted octanol–water partition coefficient (Wildman–Crippen LogP) is 7.59. The van der Waals surface area contributed by atoms with Crippen molar-refractivity contribution >= 4 is 63.5 Å². The molecule has 38 heavy (non-hydrogen) atoms. The zero-order valence-electron chi connectivity index (χ0n) is 21.8. The largest absolute Gasteiger partial charge is 0.450 e. The van der Waals surface area contributed by atoms with E-state index in [9.17, 15) is 9.59 Å². The molecule has 0 bridgehead atoms. The number of amides is 1. The van der Waals surface area contributed by atoms with E-state index in [4.69, 9.17) is 39.1 Å². The number of halogens is 2. The zero-order chi connectivity index (χ0) is 28.0. The Balaban J connectivity index is 0.00000127. The number of carbonyl (C=O) groups excluding carboxylic acids is 2. The standard InChI is InChI=1S/C26H23Cl2N3O3S.C3H8/c1-14(29)26(33)31(35-2)13-15-4-3-5-16(10-15)17-6-8-20-22(11-17)34-25(23(20)30)24(32)19-9-7-18(27)12-21(19)28;1-3-2/h3-12,14H,13,29-30H2,1-2H3;3H2,1-2H3. The van der Waals surface area contributed by atoms with Gasteiger partial charge in [-0.3, -0.25) is 13.9 Å². The van der Waals surface area contributed by atoms with Crippen LogP contribution in [0, 0.1) is 0 Å². The Labute approximate surface area is 237 Å². The quantitative estimate of drug-likeness (QED) is 0.175. The van der Waals surface area contributed by atoms with Crippen molar-refractivity contribution in [3.05, 3.63) is 87.6 Å². The second kappa shape index (κ2) is 13.2. The van der Waals surface area contributed by atoms with Crippen LogP contribution in [0.15, 0.2) is 65.1 Å². The number of ketones is 1. The molecule has 0 aliphatic rings. The Morgan fingerprint density at radius 2 is 1.71 bits per heavy atom. The number of fused-ring (bicyclic) bond motifs is 1. The summed E-state index contributed by atoms with van der Waals surface area (Å²) in [6.45, 7) is 6.35. The molecule has 4 aromatic rings. The summed E-state index contributed by atoms with van der Waals surface area (Å²) in [5.74, 6) is -0.520. The molecule has 0 spiro atoms. The molecule has 200 valence electrons. The van der Waals surface area contributed by atoms with Crippen molar-refractivity contribution in [3.63, 3.8) is 0 Å². The normalized spacial score (nSPS) is 11.6. The van der Waals surface area contributed by atoms with Gasteiger partial charge in [-0.15, -0.1) is 0 Å². The number of benzene rings is 3. The molecule has 1 heterocycles. The molecule has 1 aromatic heterocycles. The maximum atomic E-state index is 13.1. The Hall–Kier alpha value is -2.97. The average molecular weight is 573 g/mol. The van der Waals surface area contributed by atoms with Gasteiger partial charge in [0.25, 0.3) is 0 Å². The smallest absolute Gasteiger partial charge is 0.249 e. The van der Waals surface area contributed by atoms with Gasteiger partial charge in [0, 0.05) is 22.2 Å². The summed E-state index contributed by atoms with van der Waals surface area (Å²) in [7, 11) is 0. The molecule has 0 aliphatic carbocycles. The Kier molecular flexibility index (Phi) is 10.3. The van der Waals surface area contributed by atoms with Gasteiger partial charge in [0.15, 0.2) is 5.76 Å². The van der Waals surface area contributed by atoms with Crippen LogP contribution in [0.25, 0.3) is 22.1 Å². The van der Waals surface area contributed by atoms with E-state index in [0.717, 1.165) is 16.7 Å². The number of carbonyl (C=O) groups is 2. The molecule has 0 radical (unpaired) electrons. The van der Waals surface area contributed by atoms with Crippen LogP contribution in [-0.2, 0) is 11.3 Å². The second-order valence-electron chi connectivity index (χ2n) is 8.76. The third-order valence-electron chi connectivity index (χ3n) is 5.55. The number of rotatable bonds is 7. The monoisotopic (exact) mass is 571 g/mol. The highest BCUT2D eigenvalue weighted by Gasteiger charge is 2.23. The molecule has 0 aliphatic heterocycles. The molecule has 1 amide bonds. The molecule has 1 unspecified atom stereocenters. The molecular weight excluding hydrogens is 541 g/mol. The Morgan fingerprint density at radius 1 is 1.03 bits per heavy atom. The summed E-state index contributed by atoms with van der Waals surface area (Å²) in [4.78, 5) is 25.4. The van der Waals surface area contributed by atoms with Crippen LogP contribution in [0.4, 0.5) is 5.69 Å². The number of furan rings is 1. The van der Waals surface area contributed by atoms with Crippen molar-refractivity contribution in [1.82, 2.24) is 4.31 Å². The Bertz CT molecular complexity index is 1450. The number of hydrogen-bond donors (Lipinski definition) is 2. The highest BCUT2D eigenvalue weighted by Crippen LogP contribution is 2.35. The van der Waals surface area contributed by atoms with Crippen LogP contribution in [-0.4, -0.2) is 28.3 Å². The highest BCUT2D eigenvalue weighted by atomic mass is 35.5. The molecule has 4 rings (SSSR count). The van der Waals surface area contributed by atoms with Crippen LogP contribution in [0.5, 0.6) is 0 Å². The lowest BCUT2D eigenvalue weighted by atomic mass is 10.0. The van der Waals surface area contributed by atoms with E-state index in [2.05, 4.69) is 13.8 Å². The van der Waals surface area contributed by atoms with E-state index in [1.54, 1.807) is 23.4 Å². The predicted molar refractivity (Wildman–Crippen MR) is 160 cm³/mol. The van der Waals surface area contributed by atoms with Crippen LogP contribution in [0.3, 0.4) is 0 Å². The first kappa shape index (κ1) is 29.6. The molecule has 0 saturated heterocycles. The summed E-state index contributed by atoms with van der Waals surface area (Å²) in [5.41, 5.74) is 15.8. The van der Waals surface area contributed by atoms with Gasteiger partial charge in [0.1, 0.15) is 5.58 Å². The van der Waals surface area contributed by atoms with Crippen molar-refractivity contribution < 1.29 is 14.0 Å². The van der Waals surface area contributed by atoms with Crippen LogP contribution >= 0.6 is 35.1 Å². The number of hydrogen-bond acceptors (Lipinski definition) is 6. The maximum absolute atomic E-state index is 13.1. The fourth-order valence-electron chi connectivity index (χ4n) is 3.74. The van der Waals surface area contributed by atoms with Gasteiger partial charge in [-0.05, 0) is 60.0 Å². The zero-order valence-corrected chi connectivity index (χ0v) is 24.1. The lowest BCUT2D eigenvalue weighted by Crippen LogP contribution is -2.37. The summed E-state index contributed by atoms with van der Waals surface area (Å²) in [5, 5.41) is 1.29. The van der Waals surface area contributed by atoms with Gasteiger partial charge in [0.05, 0.1) is 23.3 Å². The van der Waals surface area contributed by atoms with Gasteiger partial charge < -0.3 is 15.9 Å². The summed E-state index contributed by atoms with van der Waals surface area (Å²) in [6, 6.07) is 17.5. The van der Waals surface area contributed by atoms with E-state index in [-0.39, 0.29) is 27.9 Å². The molecule has 6 nitrogen and oxygen atoms in total. The van der Waals surface area contributed by atoms with Crippen molar-refractivity contribution in [1.29, 1.82) is 0 Å². The van der Waals surface area contributed by atoms with Crippen molar-refractivity contribution in [2.45, 2.75) is 39.8 Å². The van der Waals surface area contributed by atoms with Crippen molar-refractivity contribution in [2.24, 2.45) is 5.73 Å². The van der Waals surface area contributed by atoms with Crippen LogP contribution in [0.1, 0.15) is 48.9 Å². The first-order valence-corrected chi connectivity index (χ1v) is 14.1. The van der Waals surface area contributed by atoms with Gasteiger partial charge in [0.2, 0.25) is 11.7 Å². The summed E-state index contributed by atoms with van der Waals surface area (Å²) < 4.78 is 7.54.